The average molecular weight is 299 g/mol. The van der Waals surface area contributed by atoms with E-state index >= 15 is 0 Å². The largest absolute Gasteiger partial charge is 0.352 e. The molecule has 0 aromatic heterocycles. The van der Waals surface area contributed by atoms with Crippen molar-refractivity contribution in [2.75, 3.05) is 7.05 Å². The third-order valence-electron chi connectivity index (χ3n) is 3.57. The van der Waals surface area contributed by atoms with Gasteiger partial charge in [-0.25, -0.2) is 4.39 Å². The standard InChI is InChI=1S/C18H22FN3/c1-13-8-9-15(14(2)10-13)11-21-18(20-3)22-12-16-6-4-5-7-17(16)19/h4-10H,11-12H2,1-3H3,(H2,20,21,22). The Morgan fingerprint density at radius 1 is 1.00 bits per heavy atom. The Bertz CT molecular complexity index is 665. The van der Waals surface area contributed by atoms with E-state index in [-0.39, 0.29) is 5.82 Å². The highest BCUT2D eigenvalue weighted by Crippen LogP contribution is 2.10. The van der Waals surface area contributed by atoms with Gasteiger partial charge >= 0.3 is 0 Å². The van der Waals surface area contributed by atoms with Crippen LogP contribution in [0.5, 0.6) is 0 Å². The average Bonchev–Trinajstić information content (AvgIpc) is 2.50. The number of halogens is 1. The van der Waals surface area contributed by atoms with Gasteiger partial charge in [-0.15, -0.1) is 0 Å². The van der Waals surface area contributed by atoms with Crippen LogP contribution >= 0.6 is 0 Å². The fourth-order valence-corrected chi connectivity index (χ4v) is 2.26. The fraction of sp³-hybridized carbons (Fsp3) is 0.278. The van der Waals surface area contributed by atoms with Gasteiger partial charge in [0.2, 0.25) is 0 Å². The van der Waals surface area contributed by atoms with Crippen LogP contribution in [0.3, 0.4) is 0 Å². The van der Waals surface area contributed by atoms with E-state index in [1.54, 1.807) is 19.2 Å². The molecular formula is C18H22FN3. The van der Waals surface area contributed by atoms with Crippen molar-refractivity contribution in [3.05, 3.63) is 70.5 Å². The van der Waals surface area contributed by atoms with Crippen LogP contribution in [0.2, 0.25) is 0 Å². The van der Waals surface area contributed by atoms with Gasteiger partial charge in [0.25, 0.3) is 0 Å². The first-order valence-corrected chi connectivity index (χ1v) is 7.34. The van der Waals surface area contributed by atoms with Crippen molar-refractivity contribution in [2.24, 2.45) is 4.99 Å². The second kappa shape index (κ2) is 7.59. The minimum absolute atomic E-state index is 0.208. The Morgan fingerprint density at radius 3 is 2.32 bits per heavy atom. The normalized spacial score (nSPS) is 11.4. The first-order chi connectivity index (χ1) is 10.6. The van der Waals surface area contributed by atoms with E-state index in [0.717, 1.165) is 0 Å². The molecule has 0 aliphatic heterocycles. The Morgan fingerprint density at radius 2 is 1.68 bits per heavy atom. The predicted molar refractivity (Wildman–Crippen MR) is 89.4 cm³/mol. The Kier molecular flexibility index (Phi) is 5.53. The summed E-state index contributed by atoms with van der Waals surface area (Å²) < 4.78 is 13.6. The monoisotopic (exact) mass is 299 g/mol. The maximum Gasteiger partial charge on any atom is 0.191 e. The van der Waals surface area contributed by atoms with E-state index in [2.05, 4.69) is 47.7 Å². The Balaban J connectivity index is 1.92. The van der Waals surface area contributed by atoms with Gasteiger partial charge in [-0.05, 0) is 31.0 Å². The third kappa shape index (κ3) is 4.32. The summed E-state index contributed by atoms with van der Waals surface area (Å²) >= 11 is 0. The van der Waals surface area contributed by atoms with E-state index in [1.807, 2.05) is 6.07 Å². The van der Waals surface area contributed by atoms with Gasteiger partial charge in [0.05, 0.1) is 0 Å². The maximum atomic E-state index is 13.6. The molecule has 2 N–H and O–H groups in total. The number of rotatable bonds is 4. The number of guanidine groups is 1. The van der Waals surface area contributed by atoms with Crippen LogP contribution < -0.4 is 10.6 Å². The molecule has 0 fully saturated rings. The summed E-state index contributed by atoms with van der Waals surface area (Å²) in [5.74, 6) is 0.447. The van der Waals surface area contributed by atoms with Crippen molar-refractivity contribution in [3.8, 4) is 0 Å². The molecule has 0 spiro atoms. The summed E-state index contributed by atoms with van der Waals surface area (Å²) in [6, 6.07) is 13.1. The van der Waals surface area contributed by atoms with Crippen molar-refractivity contribution >= 4 is 5.96 Å². The van der Waals surface area contributed by atoms with E-state index in [4.69, 9.17) is 0 Å². The number of hydrogen-bond donors (Lipinski definition) is 2. The first-order valence-electron chi connectivity index (χ1n) is 7.34. The Hall–Kier alpha value is -2.36. The van der Waals surface area contributed by atoms with E-state index in [1.165, 1.54) is 22.8 Å². The number of hydrogen-bond acceptors (Lipinski definition) is 1. The van der Waals surface area contributed by atoms with Crippen molar-refractivity contribution in [2.45, 2.75) is 26.9 Å². The van der Waals surface area contributed by atoms with Gasteiger partial charge in [0.1, 0.15) is 5.82 Å². The van der Waals surface area contributed by atoms with Crippen LogP contribution in [0.25, 0.3) is 0 Å². The molecule has 2 aromatic carbocycles. The van der Waals surface area contributed by atoms with Crippen molar-refractivity contribution < 1.29 is 4.39 Å². The first kappa shape index (κ1) is 16.0. The number of aliphatic imine (C=N–C) groups is 1. The van der Waals surface area contributed by atoms with Crippen LogP contribution in [0.4, 0.5) is 4.39 Å². The van der Waals surface area contributed by atoms with Gasteiger partial charge in [0, 0.05) is 25.7 Å². The molecule has 0 atom stereocenters. The third-order valence-corrected chi connectivity index (χ3v) is 3.57. The molecule has 2 rings (SSSR count). The predicted octanol–water partition coefficient (Wildman–Crippen LogP) is 3.31. The van der Waals surface area contributed by atoms with Gasteiger partial charge < -0.3 is 10.6 Å². The van der Waals surface area contributed by atoms with Crippen LogP contribution in [0, 0.1) is 19.7 Å². The molecule has 0 saturated heterocycles. The molecule has 0 saturated carbocycles. The van der Waals surface area contributed by atoms with Crippen molar-refractivity contribution in [1.29, 1.82) is 0 Å². The fourth-order valence-electron chi connectivity index (χ4n) is 2.26. The molecule has 0 unspecified atom stereocenters. The number of nitrogens with zero attached hydrogens (tertiary/aromatic N) is 1. The minimum atomic E-state index is -0.208. The van der Waals surface area contributed by atoms with Crippen molar-refractivity contribution in [1.82, 2.24) is 10.6 Å². The molecule has 0 amide bonds. The molecule has 0 heterocycles. The van der Waals surface area contributed by atoms with Crippen molar-refractivity contribution in [3.63, 3.8) is 0 Å². The zero-order valence-corrected chi connectivity index (χ0v) is 13.3. The lowest BCUT2D eigenvalue weighted by Gasteiger charge is -2.14. The molecule has 4 heteroatoms. The van der Waals surface area contributed by atoms with Gasteiger partial charge in [-0.2, -0.15) is 0 Å². The quantitative estimate of drug-likeness (QED) is 0.671. The van der Waals surface area contributed by atoms with E-state index < -0.39 is 0 Å². The van der Waals surface area contributed by atoms with Crippen LogP contribution in [0.15, 0.2) is 47.5 Å². The molecule has 0 aliphatic carbocycles. The highest BCUT2D eigenvalue weighted by atomic mass is 19.1. The molecule has 0 aliphatic rings. The SMILES string of the molecule is CN=C(NCc1ccc(C)cc1C)NCc1ccccc1F. The maximum absolute atomic E-state index is 13.6. The summed E-state index contributed by atoms with van der Waals surface area (Å²) in [6.07, 6.45) is 0. The lowest BCUT2D eigenvalue weighted by atomic mass is 10.1. The number of nitrogens with one attached hydrogen (secondary N) is 2. The molecule has 2 aromatic rings. The zero-order chi connectivity index (χ0) is 15.9. The zero-order valence-electron chi connectivity index (χ0n) is 13.3. The van der Waals surface area contributed by atoms with Crippen LogP contribution in [-0.2, 0) is 13.1 Å². The topological polar surface area (TPSA) is 36.4 Å². The minimum Gasteiger partial charge on any atom is -0.352 e. The summed E-state index contributed by atoms with van der Waals surface area (Å²) in [7, 11) is 1.71. The van der Waals surface area contributed by atoms with Gasteiger partial charge in [0.15, 0.2) is 5.96 Å². The molecule has 0 radical (unpaired) electrons. The van der Waals surface area contributed by atoms with E-state index in [9.17, 15) is 4.39 Å². The van der Waals surface area contributed by atoms with Crippen LogP contribution in [0.1, 0.15) is 22.3 Å². The number of aryl methyl sites for hydroxylation is 2. The summed E-state index contributed by atoms with van der Waals surface area (Å²) in [5.41, 5.74) is 4.34. The summed E-state index contributed by atoms with van der Waals surface area (Å²) in [5, 5.41) is 6.38. The summed E-state index contributed by atoms with van der Waals surface area (Å²) in [6.45, 7) is 5.26. The lowest BCUT2D eigenvalue weighted by molar-refractivity contribution is 0.604. The molecule has 3 nitrogen and oxygen atoms in total. The van der Waals surface area contributed by atoms with Gasteiger partial charge in [-0.1, -0.05) is 42.0 Å². The molecular weight excluding hydrogens is 277 g/mol. The smallest absolute Gasteiger partial charge is 0.191 e. The highest BCUT2D eigenvalue weighted by molar-refractivity contribution is 5.79. The highest BCUT2D eigenvalue weighted by Gasteiger charge is 2.04. The lowest BCUT2D eigenvalue weighted by Crippen LogP contribution is -2.36. The molecule has 116 valence electrons. The molecule has 22 heavy (non-hydrogen) atoms. The van der Waals surface area contributed by atoms with Crippen LogP contribution in [-0.4, -0.2) is 13.0 Å². The van der Waals surface area contributed by atoms with Gasteiger partial charge in [-0.3, -0.25) is 4.99 Å². The second-order valence-corrected chi connectivity index (χ2v) is 5.30. The summed E-state index contributed by atoms with van der Waals surface area (Å²) in [4.78, 5) is 4.17. The van der Waals surface area contributed by atoms with E-state index in [0.29, 0.717) is 24.6 Å². The Labute approximate surface area is 131 Å². The number of benzene rings is 2. The molecule has 0 bridgehead atoms. The second-order valence-electron chi connectivity index (χ2n) is 5.30.